The zero-order valence-corrected chi connectivity index (χ0v) is 12.3. The second-order valence-electron chi connectivity index (χ2n) is 4.59. The van der Waals surface area contributed by atoms with Crippen molar-refractivity contribution in [2.45, 2.75) is 19.4 Å². The van der Waals surface area contributed by atoms with Crippen LogP contribution in [0.2, 0.25) is 0 Å². The number of ether oxygens (including phenoxy) is 1. The summed E-state index contributed by atoms with van der Waals surface area (Å²) in [6.45, 7) is 1.16. The molecule has 1 heterocycles. The third kappa shape index (κ3) is 3.27. The third-order valence-electron chi connectivity index (χ3n) is 3.31. The highest BCUT2D eigenvalue weighted by Crippen LogP contribution is 2.26. The van der Waals surface area contributed by atoms with E-state index in [2.05, 4.69) is 22.0 Å². The van der Waals surface area contributed by atoms with Gasteiger partial charge in [-0.05, 0) is 24.6 Å². The Morgan fingerprint density at radius 3 is 3.00 bits per heavy atom. The molecule has 0 radical (unpaired) electrons. The van der Waals surface area contributed by atoms with Crippen LogP contribution < -0.4 is 4.74 Å². The summed E-state index contributed by atoms with van der Waals surface area (Å²) in [7, 11) is 1.62. The molecular formula is C14H15BrN2O2. The molecule has 4 nitrogen and oxygen atoms in total. The second-order valence-corrected chi connectivity index (χ2v) is 5.51. The van der Waals surface area contributed by atoms with E-state index >= 15 is 0 Å². The lowest BCUT2D eigenvalue weighted by molar-refractivity contribution is -0.134. The van der Waals surface area contributed by atoms with Gasteiger partial charge >= 0.3 is 0 Å². The van der Waals surface area contributed by atoms with Gasteiger partial charge in [0.15, 0.2) is 0 Å². The van der Waals surface area contributed by atoms with Crippen molar-refractivity contribution in [1.82, 2.24) is 4.90 Å². The molecule has 1 saturated heterocycles. The number of nitrogens with zero attached hydrogens (tertiary/aromatic N) is 2. The number of methoxy groups -OCH3 is 1. The second kappa shape index (κ2) is 6.07. The molecule has 1 unspecified atom stereocenters. The average Bonchev–Trinajstić information content (AvgIpc) is 2.41. The van der Waals surface area contributed by atoms with Crippen LogP contribution in [0.1, 0.15) is 18.4 Å². The van der Waals surface area contributed by atoms with E-state index in [0.29, 0.717) is 19.5 Å². The number of benzene rings is 1. The van der Waals surface area contributed by atoms with E-state index < -0.39 is 0 Å². The van der Waals surface area contributed by atoms with Crippen molar-refractivity contribution in [3.63, 3.8) is 0 Å². The van der Waals surface area contributed by atoms with Crippen molar-refractivity contribution in [2.75, 3.05) is 13.7 Å². The third-order valence-corrected chi connectivity index (χ3v) is 3.80. The van der Waals surface area contributed by atoms with Gasteiger partial charge in [0.25, 0.3) is 0 Å². The molecule has 100 valence electrons. The molecule has 0 N–H and O–H groups in total. The Labute approximate surface area is 121 Å². The van der Waals surface area contributed by atoms with E-state index in [1.54, 1.807) is 12.0 Å². The smallest absolute Gasteiger partial charge is 0.224 e. The van der Waals surface area contributed by atoms with Gasteiger partial charge in [0.05, 0.1) is 19.1 Å². The molecular weight excluding hydrogens is 308 g/mol. The zero-order chi connectivity index (χ0) is 13.8. The minimum absolute atomic E-state index is 0.0415. The maximum absolute atomic E-state index is 12.0. The maximum Gasteiger partial charge on any atom is 0.224 e. The van der Waals surface area contributed by atoms with Crippen LogP contribution in [0.25, 0.3) is 0 Å². The number of hydrogen-bond donors (Lipinski definition) is 0. The van der Waals surface area contributed by atoms with E-state index in [9.17, 15) is 4.79 Å². The zero-order valence-electron chi connectivity index (χ0n) is 10.7. The van der Waals surface area contributed by atoms with Gasteiger partial charge in [0.1, 0.15) is 5.75 Å². The van der Waals surface area contributed by atoms with Crippen LogP contribution in [0.3, 0.4) is 0 Å². The van der Waals surface area contributed by atoms with Gasteiger partial charge < -0.3 is 9.64 Å². The van der Waals surface area contributed by atoms with Crippen LogP contribution in [0.4, 0.5) is 0 Å². The molecule has 0 spiro atoms. The number of amides is 1. The highest BCUT2D eigenvalue weighted by molar-refractivity contribution is 9.10. The van der Waals surface area contributed by atoms with Crippen LogP contribution in [-0.2, 0) is 11.3 Å². The first-order valence-electron chi connectivity index (χ1n) is 6.14. The Balaban J connectivity index is 2.12. The van der Waals surface area contributed by atoms with E-state index in [1.165, 1.54) is 0 Å². The Hall–Kier alpha value is -1.54. The molecule has 19 heavy (non-hydrogen) atoms. The fourth-order valence-electron chi connectivity index (χ4n) is 2.23. The SMILES string of the molecule is COc1ccc(Br)cc1CN1CCC(C#N)CC1=O. The van der Waals surface area contributed by atoms with Gasteiger partial charge in [-0.1, -0.05) is 15.9 Å². The quantitative estimate of drug-likeness (QED) is 0.859. The molecule has 5 heteroatoms. The van der Waals surface area contributed by atoms with Crippen molar-refractivity contribution in [2.24, 2.45) is 5.92 Å². The Morgan fingerprint density at radius 1 is 1.58 bits per heavy atom. The molecule has 1 aliphatic rings. The van der Waals surface area contributed by atoms with E-state index in [0.717, 1.165) is 22.2 Å². The minimum atomic E-state index is -0.131. The predicted molar refractivity (Wildman–Crippen MR) is 74.4 cm³/mol. The molecule has 1 aromatic rings. The van der Waals surface area contributed by atoms with Gasteiger partial charge in [0.2, 0.25) is 5.91 Å². The number of halogens is 1. The number of nitriles is 1. The Kier molecular flexibility index (Phi) is 4.43. The first-order valence-corrected chi connectivity index (χ1v) is 6.93. The summed E-state index contributed by atoms with van der Waals surface area (Å²) >= 11 is 3.42. The topological polar surface area (TPSA) is 53.3 Å². The van der Waals surface area contributed by atoms with Gasteiger partial charge in [-0.25, -0.2) is 0 Å². The van der Waals surface area contributed by atoms with Crippen LogP contribution in [-0.4, -0.2) is 24.5 Å². The van der Waals surface area contributed by atoms with Crippen LogP contribution in [0.15, 0.2) is 22.7 Å². The summed E-state index contributed by atoms with van der Waals surface area (Å²) in [5, 5.41) is 8.86. The van der Waals surface area contributed by atoms with Gasteiger partial charge in [-0.2, -0.15) is 5.26 Å². The number of likely N-dealkylation sites (tertiary alicyclic amines) is 1. The molecule has 1 amide bonds. The fraction of sp³-hybridized carbons (Fsp3) is 0.429. The van der Waals surface area contributed by atoms with Gasteiger partial charge in [-0.3, -0.25) is 4.79 Å². The van der Waals surface area contributed by atoms with Crippen LogP contribution >= 0.6 is 15.9 Å². The number of carbonyl (C=O) groups is 1. The van der Waals surface area contributed by atoms with Gasteiger partial charge in [-0.15, -0.1) is 0 Å². The highest BCUT2D eigenvalue weighted by Gasteiger charge is 2.26. The monoisotopic (exact) mass is 322 g/mol. The summed E-state index contributed by atoms with van der Waals surface area (Å²) in [4.78, 5) is 13.8. The number of rotatable bonds is 3. The summed E-state index contributed by atoms with van der Waals surface area (Å²) < 4.78 is 6.27. The lowest BCUT2D eigenvalue weighted by Gasteiger charge is -2.29. The lowest BCUT2D eigenvalue weighted by atomic mass is 9.97. The van der Waals surface area contributed by atoms with Gasteiger partial charge in [0, 0.05) is 29.5 Å². The molecule has 0 saturated carbocycles. The van der Waals surface area contributed by atoms with Crippen molar-refractivity contribution < 1.29 is 9.53 Å². The highest BCUT2D eigenvalue weighted by atomic mass is 79.9. The summed E-state index contributed by atoms with van der Waals surface area (Å²) in [6, 6.07) is 7.92. The first kappa shape index (κ1) is 13.9. The predicted octanol–water partition coefficient (Wildman–Crippen LogP) is 2.72. The molecule has 0 aromatic heterocycles. The molecule has 0 bridgehead atoms. The Bertz CT molecular complexity index is 525. The summed E-state index contributed by atoms with van der Waals surface area (Å²) in [5.74, 6) is 0.686. The van der Waals surface area contributed by atoms with Crippen molar-refractivity contribution in [3.8, 4) is 11.8 Å². The molecule has 1 atom stereocenters. The summed E-state index contributed by atoms with van der Waals surface area (Å²) in [5.41, 5.74) is 0.973. The molecule has 0 aliphatic carbocycles. The number of piperidine rings is 1. The molecule has 1 aromatic carbocycles. The average molecular weight is 323 g/mol. The standard InChI is InChI=1S/C14H15BrN2O2/c1-19-13-3-2-12(15)7-11(13)9-17-5-4-10(8-16)6-14(17)18/h2-3,7,10H,4-6,9H2,1H3. The normalized spacial score (nSPS) is 19.1. The van der Waals surface area contributed by atoms with E-state index in [4.69, 9.17) is 10.00 Å². The van der Waals surface area contributed by atoms with E-state index in [-0.39, 0.29) is 11.8 Å². The van der Waals surface area contributed by atoms with Crippen LogP contribution in [0.5, 0.6) is 5.75 Å². The van der Waals surface area contributed by atoms with Crippen molar-refractivity contribution in [1.29, 1.82) is 5.26 Å². The first-order chi connectivity index (χ1) is 9.13. The maximum atomic E-state index is 12.0. The molecule has 2 rings (SSSR count). The lowest BCUT2D eigenvalue weighted by Crippen LogP contribution is -2.38. The minimum Gasteiger partial charge on any atom is -0.496 e. The number of hydrogen-bond acceptors (Lipinski definition) is 3. The summed E-state index contributed by atoms with van der Waals surface area (Å²) in [6.07, 6.45) is 1.07. The Morgan fingerprint density at radius 2 is 2.37 bits per heavy atom. The number of carbonyl (C=O) groups excluding carboxylic acids is 1. The largest absolute Gasteiger partial charge is 0.496 e. The van der Waals surface area contributed by atoms with Crippen LogP contribution in [0, 0.1) is 17.2 Å². The van der Waals surface area contributed by atoms with Crippen molar-refractivity contribution >= 4 is 21.8 Å². The van der Waals surface area contributed by atoms with E-state index in [1.807, 2.05) is 18.2 Å². The molecule has 1 fully saturated rings. The molecule has 1 aliphatic heterocycles. The fourth-order valence-corrected chi connectivity index (χ4v) is 2.64. The van der Waals surface area contributed by atoms with Crippen molar-refractivity contribution in [3.05, 3.63) is 28.2 Å².